The number of aliphatic carboxylic acids is 1. The maximum absolute atomic E-state index is 12.4. The molecule has 0 spiro atoms. The van der Waals surface area contributed by atoms with Crippen molar-refractivity contribution in [3.63, 3.8) is 0 Å². The van der Waals surface area contributed by atoms with E-state index in [-0.39, 0.29) is 17.1 Å². The third kappa shape index (κ3) is 5.59. The number of carboxylic acid groups (broad SMARTS) is 1. The molecule has 0 atom stereocenters. The van der Waals surface area contributed by atoms with Gasteiger partial charge in [0.15, 0.2) is 18.1 Å². The average molecular weight is 445 g/mol. The van der Waals surface area contributed by atoms with Crippen molar-refractivity contribution in [3.05, 3.63) is 57.6 Å². The number of carbonyl (C=O) groups excluding carboxylic acids is 1. The van der Waals surface area contributed by atoms with Crippen LogP contribution < -0.4 is 14.8 Å². The Bertz CT molecular complexity index is 979. The fraction of sp³-hybridized carbons (Fsp3) is 0.150. The monoisotopic (exact) mass is 444 g/mol. The number of carboxylic acids is 1. The number of benzene rings is 2. The van der Waals surface area contributed by atoms with Gasteiger partial charge in [-0.25, -0.2) is 4.79 Å². The fourth-order valence-electron chi connectivity index (χ4n) is 2.33. The molecule has 7 nitrogen and oxygen atoms in total. The number of anilines is 1. The normalized spacial score (nSPS) is 10.7. The maximum atomic E-state index is 12.4. The van der Waals surface area contributed by atoms with E-state index in [4.69, 9.17) is 14.6 Å². The summed E-state index contributed by atoms with van der Waals surface area (Å²) < 4.78 is 10.9. The average Bonchev–Trinajstić information content (AvgIpc) is 2.64. The van der Waals surface area contributed by atoms with Gasteiger partial charge < -0.3 is 19.9 Å². The second-order valence-corrected chi connectivity index (χ2v) is 6.56. The van der Waals surface area contributed by atoms with Crippen LogP contribution in [0.2, 0.25) is 0 Å². The molecular formula is C20H17BrN2O5. The molecule has 0 aliphatic carbocycles. The molecule has 2 N–H and O–H groups in total. The third-order valence-corrected chi connectivity index (χ3v) is 4.13. The molecule has 144 valence electrons. The minimum absolute atomic E-state index is 0.102. The van der Waals surface area contributed by atoms with Gasteiger partial charge in [-0.1, -0.05) is 12.1 Å². The lowest BCUT2D eigenvalue weighted by atomic mass is 10.1. The number of nitriles is 1. The summed E-state index contributed by atoms with van der Waals surface area (Å²) in [6.07, 6.45) is 1.40. The minimum Gasteiger partial charge on any atom is -0.493 e. The van der Waals surface area contributed by atoms with Crippen molar-refractivity contribution in [2.75, 3.05) is 19.0 Å². The predicted molar refractivity (Wildman–Crippen MR) is 107 cm³/mol. The molecule has 0 unspecified atom stereocenters. The van der Waals surface area contributed by atoms with Gasteiger partial charge in [0.25, 0.3) is 5.91 Å². The summed E-state index contributed by atoms with van der Waals surface area (Å²) in [6.45, 7) is 1.36. The van der Waals surface area contributed by atoms with Gasteiger partial charge in [-0.3, -0.25) is 4.79 Å². The molecule has 0 saturated carbocycles. The first-order valence-electron chi connectivity index (χ1n) is 8.06. The van der Waals surface area contributed by atoms with Crippen LogP contribution in [0.15, 0.2) is 46.4 Å². The molecule has 0 aliphatic rings. The molecule has 2 aromatic carbocycles. The number of nitrogens with one attached hydrogen (secondary N) is 1. The van der Waals surface area contributed by atoms with Crippen molar-refractivity contribution in [2.24, 2.45) is 0 Å². The number of rotatable bonds is 7. The summed E-state index contributed by atoms with van der Waals surface area (Å²) in [5.74, 6) is -1.20. The molecule has 2 aromatic rings. The molecule has 8 heteroatoms. The molecule has 0 fully saturated rings. The van der Waals surface area contributed by atoms with E-state index in [1.165, 1.54) is 13.2 Å². The zero-order valence-electron chi connectivity index (χ0n) is 15.2. The van der Waals surface area contributed by atoms with Crippen molar-refractivity contribution in [1.29, 1.82) is 5.26 Å². The number of amides is 1. The van der Waals surface area contributed by atoms with Crippen LogP contribution in [0, 0.1) is 18.3 Å². The van der Waals surface area contributed by atoms with E-state index in [1.54, 1.807) is 30.3 Å². The molecule has 0 heterocycles. The van der Waals surface area contributed by atoms with Crippen molar-refractivity contribution in [2.45, 2.75) is 6.92 Å². The topological polar surface area (TPSA) is 109 Å². The Hall–Kier alpha value is -3.31. The van der Waals surface area contributed by atoms with E-state index in [0.29, 0.717) is 15.7 Å². The summed E-state index contributed by atoms with van der Waals surface area (Å²) >= 11 is 3.29. The zero-order chi connectivity index (χ0) is 20.7. The van der Waals surface area contributed by atoms with Crippen molar-refractivity contribution < 1.29 is 24.2 Å². The standard InChI is InChI=1S/C20H17BrN2O5/c1-12-4-3-5-15(6-12)23-20(26)14(10-22)7-13-8-16(21)19(17(9-13)27-2)28-11-18(24)25/h3-9H,11H2,1-2H3,(H,23,26)(H,24,25)/b14-7-. The molecule has 0 saturated heterocycles. The van der Waals surface area contributed by atoms with Crippen LogP contribution in [0.3, 0.4) is 0 Å². The van der Waals surface area contributed by atoms with Crippen LogP contribution in [0.25, 0.3) is 6.08 Å². The zero-order valence-corrected chi connectivity index (χ0v) is 16.7. The lowest BCUT2D eigenvalue weighted by molar-refractivity contribution is -0.139. The number of halogens is 1. The second-order valence-electron chi connectivity index (χ2n) is 5.71. The fourth-order valence-corrected chi connectivity index (χ4v) is 2.91. The van der Waals surface area contributed by atoms with E-state index in [1.807, 2.05) is 19.1 Å². The molecular weight excluding hydrogens is 428 g/mol. The lowest BCUT2D eigenvalue weighted by Gasteiger charge is -2.12. The van der Waals surface area contributed by atoms with Crippen LogP contribution in [-0.2, 0) is 9.59 Å². The van der Waals surface area contributed by atoms with Gasteiger partial charge in [-0.15, -0.1) is 0 Å². The molecule has 0 bridgehead atoms. The Kier molecular flexibility index (Phi) is 7.18. The number of methoxy groups -OCH3 is 1. The van der Waals surface area contributed by atoms with Crippen molar-refractivity contribution >= 4 is 39.6 Å². The number of ether oxygens (including phenoxy) is 2. The molecule has 1 amide bonds. The highest BCUT2D eigenvalue weighted by Crippen LogP contribution is 2.37. The molecule has 28 heavy (non-hydrogen) atoms. The number of hydrogen-bond acceptors (Lipinski definition) is 5. The summed E-state index contributed by atoms with van der Waals surface area (Å²) in [7, 11) is 1.40. The van der Waals surface area contributed by atoms with Gasteiger partial charge in [-0.05, 0) is 64.3 Å². The molecule has 2 rings (SSSR count). The number of aryl methyl sites for hydroxylation is 1. The Morgan fingerprint density at radius 1 is 1.32 bits per heavy atom. The molecule has 0 aromatic heterocycles. The SMILES string of the molecule is COc1cc(/C=C(/C#N)C(=O)Nc2cccc(C)c2)cc(Br)c1OCC(=O)O. The van der Waals surface area contributed by atoms with Crippen LogP contribution in [0.5, 0.6) is 11.5 Å². The Morgan fingerprint density at radius 3 is 2.68 bits per heavy atom. The molecule has 0 aliphatic heterocycles. The summed E-state index contributed by atoms with van der Waals surface area (Å²) in [5, 5.41) is 20.8. The van der Waals surface area contributed by atoms with E-state index in [9.17, 15) is 14.9 Å². The summed E-state index contributed by atoms with van der Waals surface area (Å²) in [4.78, 5) is 23.1. The van der Waals surface area contributed by atoms with Gasteiger partial charge >= 0.3 is 5.97 Å². The van der Waals surface area contributed by atoms with Gasteiger partial charge in [-0.2, -0.15) is 5.26 Å². The second kappa shape index (κ2) is 9.58. The Morgan fingerprint density at radius 2 is 2.07 bits per heavy atom. The van der Waals surface area contributed by atoms with Crippen LogP contribution >= 0.6 is 15.9 Å². The first kappa shape index (κ1) is 21.0. The highest BCUT2D eigenvalue weighted by molar-refractivity contribution is 9.10. The Labute approximate surface area is 170 Å². The van der Waals surface area contributed by atoms with E-state index >= 15 is 0 Å². The minimum atomic E-state index is -1.13. The van der Waals surface area contributed by atoms with Crippen LogP contribution in [0.4, 0.5) is 5.69 Å². The molecule has 0 radical (unpaired) electrons. The van der Waals surface area contributed by atoms with E-state index in [2.05, 4.69) is 21.2 Å². The number of hydrogen-bond donors (Lipinski definition) is 2. The van der Waals surface area contributed by atoms with Gasteiger partial charge in [0.1, 0.15) is 11.6 Å². The highest BCUT2D eigenvalue weighted by Gasteiger charge is 2.15. The van der Waals surface area contributed by atoms with Crippen LogP contribution in [-0.4, -0.2) is 30.7 Å². The lowest BCUT2D eigenvalue weighted by Crippen LogP contribution is -2.13. The van der Waals surface area contributed by atoms with E-state index in [0.717, 1.165) is 5.56 Å². The quantitative estimate of drug-likeness (QED) is 0.496. The predicted octanol–water partition coefficient (Wildman–Crippen LogP) is 3.78. The van der Waals surface area contributed by atoms with Crippen molar-refractivity contribution in [1.82, 2.24) is 0 Å². The smallest absolute Gasteiger partial charge is 0.341 e. The maximum Gasteiger partial charge on any atom is 0.341 e. The van der Waals surface area contributed by atoms with Crippen molar-refractivity contribution in [3.8, 4) is 17.6 Å². The third-order valence-electron chi connectivity index (χ3n) is 3.54. The Balaban J connectivity index is 2.30. The highest BCUT2D eigenvalue weighted by atomic mass is 79.9. The first-order valence-corrected chi connectivity index (χ1v) is 8.85. The first-order chi connectivity index (χ1) is 13.3. The largest absolute Gasteiger partial charge is 0.493 e. The summed E-state index contributed by atoms with van der Waals surface area (Å²) in [5.41, 5.74) is 1.96. The summed E-state index contributed by atoms with van der Waals surface area (Å²) in [6, 6.07) is 12.2. The van der Waals surface area contributed by atoms with Crippen LogP contribution in [0.1, 0.15) is 11.1 Å². The number of nitrogens with zero attached hydrogens (tertiary/aromatic N) is 1. The van der Waals surface area contributed by atoms with Gasteiger partial charge in [0.05, 0.1) is 11.6 Å². The van der Waals surface area contributed by atoms with Gasteiger partial charge in [0.2, 0.25) is 0 Å². The number of carbonyl (C=O) groups is 2. The van der Waals surface area contributed by atoms with E-state index < -0.39 is 18.5 Å². The van der Waals surface area contributed by atoms with Gasteiger partial charge in [0, 0.05) is 5.69 Å².